The highest BCUT2D eigenvalue weighted by molar-refractivity contribution is 5.85. The highest BCUT2D eigenvalue weighted by atomic mass is 16.3. The fourth-order valence-electron chi connectivity index (χ4n) is 2.67. The molecule has 0 amide bonds. The van der Waals surface area contributed by atoms with Crippen LogP contribution in [0.1, 0.15) is 24.2 Å². The quantitative estimate of drug-likeness (QED) is 0.680. The lowest BCUT2D eigenvalue weighted by molar-refractivity contribution is 0.225. The SMILES string of the molecule is C[C@@H]1N[C@@H](CO)Cc2c1[nH]c1ccccc21. The van der Waals surface area contributed by atoms with Crippen LogP contribution in [0, 0.1) is 0 Å². The summed E-state index contributed by atoms with van der Waals surface area (Å²) in [6.07, 6.45) is 0.903. The van der Waals surface area contributed by atoms with Crippen molar-refractivity contribution in [1.29, 1.82) is 0 Å². The summed E-state index contributed by atoms with van der Waals surface area (Å²) in [4.78, 5) is 3.47. The van der Waals surface area contributed by atoms with Gasteiger partial charge in [0, 0.05) is 28.7 Å². The standard InChI is InChI=1S/C13H16N2O/c1-8-13-11(6-9(7-16)14-8)10-4-2-3-5-12(10)15-13/h2-5,8-9,14-16H,6-7H2,1H3/t8-,9+/m0/s1. The van der Waals surface area contributed by atoms with Crippen molar-refractivity contribution in [2.24, 2.45) is 0 Å². The third-order valence-electron chi connectivity index (χ3n) is 3.44. The number of nitrogens with one attached hydrogen (secondary N) is 2. The summed E-state index contributed by atoms with van der Waals surface area (Å²) in [7, 11) is 0. The molecule has 84 valence electrons. The molecule has 1 aliphatic rings. The topological polar surface area (TPSA) is 48.0 Å². The van der Waals surface area contributed by atoms with Gasteiger partial charge in [-0.2, -0.15) is 0 Å². The van der Waals surface area contributed by atoms with E-state index in [2.05, 4.69) is 35.4 Å². The third kappa shape index (κ3) is 1.36. The molecule has 1 aromatic carbocycles. The van der Waals surface area contributed by atoms with Crippen LogP contribution in [-0.2, 0) is 6.42 Å². The molecule has 3 N–H and O–H groups in total. The molecule has 0 aliphatic carbocycles. The lowest BCUT2D eigenvalue weighted by Gasteiger charge is -2.27. The third-order valence-corrected chi connectivity index (χ3v) is 3.44. The molecule has 3 rings (SSSR count). The van der Waals surface area contributed by atoms with Gasteiger partial charge in [0.15, 0.2) is 0 Å². The number of hydrogen-bond acceptors (Lipinski definition) is 2. The first-order valence-corrected chi connectivity index (χ1v) is 5.76. The average Bonchev–Trinajstić information content (AvgIpc) is 2.68. The summed E-state index contributed by atoms with van der Waals surface area (Å²) in [6, 6.07) is 8.84. The van der Waals surface area contributed by atoms with Crippen molar-refractivity contribution in [1.82, 2.24) is 10.3 Å². The first kappa shape index (κ1) is 9.87. The Bertz CT molecular complexity index is 518. The Balaban J connectivity index is 2.18. The number of aliphatic hydroxyl groups excluding tert-OH is 1. The highest BCUT2D eigenvalue weighted by Crippen LogP contribution is 2.31. The van der Waals surface area contributed by atoms with Crippen molar-refractivity contribution in [3.05, 3.63) is 35.5 Å². The zero-order chi connectivity index (χ0) is 11.1. The van der Waals surface area contributed by atoms with Crippen LogP contribution in [0.15, 0.2) is 24.3 Å². The van der Waals surface area contributed by atoms with Gasteiger partial charge in [-0.1, -0.05) is 18.2 Å². The van der Waals surface area contributed by atoms with E-state index < -0.39 is 0 Å². The minimum atomic E-state index is 0.182. The molecule has 0 spiro atoms. The number of H-pyrrole nitrogens is 1. The van der Waals surface area contributed by atoms with Gasteiger partial charge < -0.3 is 15.4 Å². The lowest BCUT2D eigenvalue weighted by Crippen LogP contribution is -2.40. The van der Waals surface area contributed by atoms with Gasteiger partial charge in [-0.15, -0.1) is 0 Å². The predicted octanol–water partition coefficient (Wildman–Crippen LogP) is 1.74. The predicted molar refractivity (Wildman–Crippen MR) is 64.4 cm³/mol. The number of fused-ring (bicyclic) bond motifs is 3. The summed E-state index contributed by atoms with van der Waals surface area (Å²) >= 11 is 0. The van der Waals surface area contributed by atoms with Crippen molar-refractivity contribution >= 4 is 10.9 Å². The van der Waals surface area contributed by atoms with E-state index in [1.807, 2.05) is 6.07 Å². The second-order valence-electron chi connectivity index (χ2n) is 4.53. The lowest BCUT2D eigenvalue weighted by atomic mass is 9.95. The van der Waals surface area contributed by atoms with Crippen LogP contribution < -0.4 is 5.32 Å². The van der Waals surface area contributed by atoms with Crippen LogP contribution in [0.4, 0.5) is 0 Å². The molecule has 2 heterocycles. The van der Waals surface area contributed by atoms with Gasteiger partial charge in [0.1, 0.15) is 0 Å². The molecule has 1 aliphatic heterocycles. The maximum atomic E-state index is 9.27. The summed E-state index contributed by atoms with van der Waals surface area (Å²) in [5.41, 5.74) is 3.83. The molecule has 16 heavy (non-hydrogen) atoms. The molecule has 2 aromatic rings. The van der Waals surface area contributed by atoms with Crippen LogP contribution in [0.5, 0.6) is 0 Å². The van der Waals surface area contributed by atoms with Gasteiger partial charge in [0.2, 0.25) is 0 Å². The summed E-state index contributed by atoms with van der Waals surface area (Å²) < 4.78 is 0. The van der Waals surface area contributed by atoms with Crippen LogP contribution in [0.3, 0.4) is 0 Å². The second kappa shape index (κ2) is 3.61. The van der Waals surface area contributed by atoms with Gasteiger partial charge in [0.05, 0.1) is 6.61 Å². The maximum absolute atomic E-state index is 9.27. The first-order valence-electron chi connectivity index (χ1n) is 5.76. The van der Waals surface area contributed by atoms with Gasteiger partial charge in [-0.25, -0.2) is 0 Å². The fourth-order valence-corrected chi connectivity index (χ4v) is 2.67. The number of aromatic amines is 1. The Kier molecular flexibility index (Phi) is 2.23. The van der Waals surface area contributed by atoms with Crippen LogP contribution in [0.25, 0.3) is 10.9 Å². The largest absolute Gasteiger partial charge is 0.395 e. The van der Waals surface area contributed by atoms with Crippen LogP contribution in [-0.4, -0.2) is 22.7 Å². The molecule has 3 heteroatoms. The van der Waals surface area contributed by atoms with Gasteiger partial charge in [0.25, 0.3) is 0 Å². The molecule has 0 unspecified atom stereocenters. The fraction of sp³-hybridized carbons (Fsp3) is 0.385. The van der Waals surface area contributed by atoms with Crippen molar-refractivity contribution in [2.45, 2.75) is 25.4 Å². The Morgan fingerprint density at radius 1 is 1.38 bits per heavy atom. The zero-order valence-electron chi connectivity index (χ0n) is 9.33. The number of rotatable bonds is 1. The number of benzene rings is 1. The molecule has 0 bridgehead atoms. The monoisotopic (exact) mass is 216 g/mol. The van der Waals surface area contributed by atoms with Crippen LogP contribution in [0.2, 0.25) is 0 Å². The maximum Gasteiger partial charge on any atom is 0.0588 e. The summed E-state index contributed by atoms with van der Waals surface area (Å²) in [5, 5.41) is 14.0. The number of hydrogen-bond donors (Lipinski definition) is 3. The molecule has 0 saturated heterocycles. The molecule has 0 fully saturated rings. The summed E-state index contributed by atoms with van der Waals surface area (Å²) in [5.74, 6) is 0. The zero-order valence-corrected chi connectivity index (χ0v) is 9.33. The molecular formula is C13H16N2O. The van der Waals surface area contributed by atoms with E-state index in [0.717, 1.165) is 6.42 Å². The van der Waals surface area contributed by atoms with Crippen LogP contribution >= 0.6 is 0 Å². The van der Waals surface area contributed by atoms with Crippen molar-refractivity contribution in [3.8, 4) is 0 Å². The number of aromatic nitrogens is 1. The summed E-state index contributed by atoms with van der Waals surface area (Å²) in [6.45, 7) is 2.33. The highest BCUT2D eigenvalue weighted by Gasteiger charge is 2.25. The van der Waals surface area contributed by atoms with Gasteiger partial charge >= 0.3 is 0 Å². The van der Waals surface area contributed by atoms with Crippen molar-refractivity contribution < 1.29 is 5.11 Å². The Morgan fingerprint density at radius 2 is 2.19 bits per heavy atom. The Labute approximate surface area is 94.5 Å². The smallest absolute Gasteiger partial charge is 0.0588 e. The van der Waals surface area contributed by atoms with E-state index in [4.69, 9.17) is 0 Å². The molecule has 1 aromatic heterocycles. The Morgan fingerprint density at radius 3 is 3.00 bits per heavy atom. The molecule has 2 atom stereocenters. The van der Waals surface area contributed by atoms with E-state index >= 15 is 0 Å². The normalized spacial score (nSPS) is 24.6. The minimum Gasteiger partial charge on any atom is -0.395 e. The van der Waals surface area contributed by atoms with E-state index in [0.29, 0.717) is 0 Å². The first-order chi connectivity index (χ1) is 7.79. The van der Waals surface area contributed by atoms with E-state index in [9.17, 15) is 5.11 Å². The molecule has 0 saturated carbocycles. The Hall–Kier alpha value is -1.32. The average molecular weight is 216 g/mol. The second-order valence-corrected chi connectivity index (χ2v) is 4.53. The number of aliphatic hydroxyl groups is 1. The van der Waals surface area contributed by atoms with Crippen molar-refractivity contribution in [2.75, 3.05) is 6.61 Å². The molecule has 0 radical (unpaired) electrons. The molecule has 3 nitrogen and oxygen atoms in total. The van der Waals surface area contributed by atoms with E-state index in [1.165, 1.54) is 22.2 Å². The minimum absolute atomic E-state index is 0.182. The van der Waals surface area contributed by atoms with Gasteiger partial charge in [-0.3, -0.25) is 0 Å². The number of para-hydroxylation sites is 1. The van der Waals surface area contributed by atoms with E-state index in [-0.39, 0.29) is 18.7 Å². The molecular weight excluding hydrogens is 200 g/mol. The van der Waals surface area contributed by atoms with Crippen molar-refractivity contribution in [3.63, 3.8) is 0 Å². The van der Waals surface area contributed by atoms with Gasteiger partial charge in [-0.05, 0) is 25.0 Å². The van der Waals surface area contributed by atoms with E-state index in [1.54, 1.807) is 0 Å².